The second-order valence-corrected chi connectivity index (χ2v) is 7.88. The Morgan fingerprint density at radius 3 is 2.83 bits per heavy atom. The molecule has 3 heterocycles. The molecule has 0 unspecified atom stereocenters. The van der Waals surface area contributed by atoms with Crippen molar-refractivity contribution in [2.45, 2.75) is 23.9 Å². The maximum atomic E-state index is 11.3. The second kappa shape index (κ2) is 8.93. The molecule has 3 aromatic heterocycles. The fourth-order valence-corrected chi connectivity index (χ4v) is 4.31. The summed E-state index contributed by atoms with van der Waals surface area (Å²) in [4.78, 5) is 15.9. The summed E-state index contributed by atoms with van der Waals surface area (Å²) in [5.74, 6) is 1.41. The number of benzene rings is 1. The van der Waals surface area contributed by atoms with E-state index in [0.29, 0.717) is 29.0 Å². The van der Waals surface area contributed by atoms with Crippen LogP contribution in [0.5, 0.6) is 0 Å². The standard InChI is InChI=1S/C19H18N6O2S2/c20-16(26)8-9-25-17(15-7-4-10-27-15)23-24-19(25)29-12-14-11-28-18(22-14)21-13-5-2-1-3-6-13/h1-7,10-11H,8-9,12H2,(H2,20,26)(H,21,22). The number of amides is 1. The quantitative estimate of drug-likeness (QED) is 0.390. The van der Waals surface area contributed by atoms with Crippen LogP contribution < -0.4 is 11.1 Å². The Balaban J connectivity index is 1.46. The summed E-state index contributed by atoms with van der Waals surface area (Å²) in [5, 5.41) is 15.3. The highest BCUT2D eigenvalue weighted by atomic mass is 32.2. The molecule has 4 rings (SSSR count). The molecule has 29 heavy (non-hydrogen) atoms. The number of furan rings is 1. The second-order valence-electron chi connectivity index (χ2n) is 6.08. The van der Waals surface area contributed by atoms with Crippen molar-refractivity contribution in [2.75, 3.05) is 5.32 Å². The summed E-state index contributed by atoms with van der Waals surface area (Å²) < 4.78 is 7.29. The van der Waals surface area contributed by atoms with Crippen molar-refractivity contribution >= 4 is 39.8 Å². The topological polar surface area (TPSA) is 112 Å². The number of aromatic nitrogens is 4. The van der Waals surface area contributed by atoms with Gasteiger partial charge >= 0.3 is 0 Å². The number of rotatable bonds is 9. The number of para-hydroxylation sites is 1. The zero-order valence-corrected chi connectivity index (χ0v) is 16.9. The molecule has 0 aliphatic heterocycles. The number of nitrogens with zero attached hydrogens (tertiary/aromatic N) is 4. The number of carbonyl (C=O) groups is 1. The van der Waals surface area contributed by atoms with E-state index in [0.717, 1.165) is 16.5 Å². The number of hydrogen-bond donors (Lipinski definition) is 2. The molecular formula is C19H18N6O2S2. The Labute approximate surface area is 175 Å². The zero-order valence-electron chi connectivity index (χ0n) is 15.3. The molecule has 0 aliphatic carbocycles. The summed E-state index contributed by atoms with van der Waals surface area (Å²) in [6.45, 7) is 0.387. The minimum atomic E-state index is -0.379. The molecule has 10 heteroatoms. The number of carbonyl (C=O) groups excluding carboxylic acids is 1. The van der Waals surface area contributed by atoms with Gasteiger partial charge in [0.25, 0.3) is 0 Å². The number of primary amides is 1. The van der Waals surface area contributed by atoms with Crippen LogP contribution in [0.25, 0.3) is 11.6 Å². The molecular weight excluding hydrogens is 408 g/mol. The van der Waals surface area contributed by atoms with Crippen LogP contribution in [0, 0.1) is 0 Å². The first kappa shape index (κ1) is 19.2. The van der Waals surface area contributed by atoms with E-state index < -0.39 is 0 Å². The van der Waals surface area contributed by atoms with Gasteiger partial charge in [-0.1, -0.05) is 30.0 Å². The molecule has 0 atom stereocenters. The summed E-state index contributed by atoms with van der Waals surface area (Å²) >= 11 is 3.05. The smallest absolute Gasteiger partial charge is 0.219 e. The van der Waals surface area contributed by atoms with E-state index >= 15 is 0 Å². The Bertz CT molecular complexity index is 1080. The highest BCUT2D eigenvalue weighted by Gasteiger charge is 2.17. The third-order valence-corrected chi connectivity index (χ3v) is 5.77. The highest BCUT2D eigenvalue weighted by molar-refractivity contribution is 7.98. The van der Waals surface area contributed by atoms with Gasteiger partial charge in [-0.3, -0.25) is 9.36 Å². The lowest BCUT2D eigenvalue weighted by Gasteiger charge is -2.07. The SMILES string of the molecule is NC(=O)CCn1c(SCc2csc(Nc3ccccc3)n2)nnc1-c1ccco1. The molecule has 0 saturated carbocycles. The van der Waals surface area contributed by atoms with Crippen molar-refractivity contribution in [2.24, 2.45) is 5.73 Å². The van der Waals surface area contributed by atoms with E-state index in [9.17, 15) is 4.79 Å². The lowest BCUT2D eigenvalue weighted by atomic mass is 10.3. The number of thioether (sulfide) groups is 1. The van der Waals surface area contributed by atoms with Crippen LogP contribution >= 0.6 is 23.1 Å². The van der Waals surface area contributed by atoms with Crippen LogP contribution in [-0.2, 0) is 17.1 Å². The zero-order chi connectivity index (χ0) is 20.1. The Hall–Kier alpha value is -3.11. The molecule has 4 aromatic rings. The predicted molar refractivity (Wildman–Crippen MR) is 113 cm³/mol. The third-order valence-electron chi connectivity index (χ3n) is 3.97. The number of thiazole rings is 1. The summed E-state index contributed by atoms with van der Waals surface area (Å²) in [6.07, 6.45) is 1.77. The summed E-state index contributed by atoms with van der Waals surface area (Å²) in [6, 6.07) is 13.5. The predicted octanol–water partition coefficient (Wildman–Crippen LogP) is 3.91. The van der Waals surface area contributed by atoms with Crippen molar-refractivity contribution in [1.29, 1.82) is 0 Å². The molecule has 0 spiro atoms. The molecule has 0 aliphatic rings. The monoisotopic (exact) mass is 426 g/mol. The van der Waals surface area contributed by atoms with Crippen LogP contribution in [0.15, 0.2) is 63.7 Å². The van der Waals surface area contributed by atoms with E-state index in [2.05, 4.69) is 20.5 Å². The lowest BCUT2D eigenvalue weighted by Crippen LogP contribution is -2.15. The summed E-state index contributed by atoms with van der Waals surface area (Å²) in [5.41, 5.74) is 7.25. The van der Waals surface area contributed by atoms with E-state index in [-0.39, 0.29) is 12.3 Å². The number of hydrogen-bond acceptors (Lipinski definition) is 8. The Kier molecular flexibility index (Phi) is 5.92. The molecule has 148 valence electrons. The Morgan fingerprint density at radius 2 is 2.07 bits per heavy atom. The van der Waals surface area contributed by atoms with E-state index in [1.807, 2.05) is 40.3 Å². The van der Waals surface area contributed by atoms with Crippen LogP contribution in [0.3, 0.4) is 0 Å². The van der Waals surface area contributed by atoms with Crippen LogP contribution in [-0.4, -0.2) is 25.7 Å². The minimum Gasteiger partial charge on any atom is -0.461 e. The largest absolute Gasteiger partial charge is 0.461 e. The van der Waals surface area contributed by atoms with Gasteiger partial charge < -0.3 is 15.5 Å². The summed E-state index contributed by atoms with van der Waals surface area (Å²) in [7, 11) is 0. The van der Waals surface area contributed by atoms with Crippen LogP contribution in [0.2, 0.25) is 0 Å². The van der Waals surface area contributed by atoms with Gasteiger partial charge in [0.2, 0.25) is 5.91 Å². The van der Waals surface area contributed by atoms with Gasteiger partial charge in [-0.15, -0.1) is 21.5 Å². The van der Waals surface area contributed by atoms with Gasteiger partial charge in [0.15, 0.2) is 21.9 Å². The molecule has 0 bridgehead atoms. The molecule has 0 radical (unpaired) electrons. The maximum Gasteiger partial charge on any atom is 0.219 e. The lowest BCUT2D eigenvalue weighted by molar-refractivity contribution is -0.118. The molecule has 1 aromatic carbocycles. The van der Waals surface area contributed by atoms with Crippen molar-refractivity contribution in [3.63, 3.8) is 0 Å². The third kappa shape index (κ3) is 4.84. The molecule has 3 N–H and O–H groups in total. The number of nitrogens with two attached hydrogens (primary N) is 1. The minimum absolute atomic E-state index is 0.196. The van der Waals surface area contributed by atoms with E-state index in [1.54, 1.807) is 29.7 Å². The first-order valence-corrected chi connectivity index (χ1v) is 10.7. The fraction of sp³-hybridized carbons (Fsp3) is 0.158. The van der Waals surface area contributed by atoms with Gasteiger partial charge in [-0.2, -0.15) is 0 Å². The van der Waals surface area contributed by atoms with Gasteiger partial charge in [0, 0.05) is 29.8 Å². The number of anilines is 2. The maximum absolute atomic E-state index is 11.3. The van der Waals surface area contributed by atoms with Crippen LogP contribution in [0.1, 0.15) is 12.1 Å². The number of nitrogens with one attached hydrogen (secondary N) is 1. The fourth-order valence-electron chi connectivity index (χ4n) is 2.62. The van der Waals surface area contributed by atoms with Crippen molar-refractivity contribution in [3.05, 3.63) is 59.8 Å². The first-order valence-electron chi connectivity index (χ1n) is 8.83. The van der Waals surface area contributed by atoms with E-state index in [1.165, 1.54) is 11.8 Å². The van der Waals surface area contributed by atoms with E-state index in [4.69, 9.17) is 10.2 Å². The molecule has 0 fully saturated rings. The van der Waals surface area contributed by atoms with Gasteiger partial charge in [-0.25, -0.2) is 4.98 Å². The molecule has 8 nitrogen and oxygen atoms in total. The van der Waals surface area contributed by atoms with Crippen molar-refractivity contribution < 1.29 is 9.21 Å². The molecule has 1 amide bonds. The normalized spacial score (nSPS) is 10.9. The van der Waals surface area contributed by atoms with Crippen LogP contribution in [0.4, 0.5) is 10.8 Å². The van der Waals surface area contributed by atoms with Gasteiger partial charge in [-0.05, 0) is 24.3 Å². The average Bonchev–Trinajstić information content (AvgIpc) is 3.46. The van der Waals surface area contributed by atoms with Gasteiger partial charge in [0.05, 0.1) is 12.0 Å². The highest BCUT2D eigenvalue weighted by Crippen LogP contribution is 2.29. The van der Waals surface area contributed by atoms with Crippen molar-refractivity contribution in [1.82, 2.24) is 19.7 Å². The Morgan fingerprint density at radius 1 is 1.21 bits per heavy atom. The first-order chi connectivity index (χ1) is 14.2. The molecule has 0 saturated heterocycles. The van der Waals surface area contributed by atoms with Gasteiger partial charge in [0.1, 0.15) is 0 Å². The van der Waals surface area contributed by atoms with Crippen molar-refractivity contribution in [3.8, 4) is 11.6 Å². The average molecular weight is 427 g/mol.